The lowest BCUT2D eigenvalue weighted by atomic mass is 9.87. The van der Waals surface area contributed by atoms with Crippen molar-refractivity contribution in [2.75, 3.05) is 25.2 Å². The van der Waals surface area contributed by atoms with Crippen molar-refractivity contribution in [1.29, 1.82) is 0 Å². The molecule has 2 aromatic rings. The fourth-order valence-corrected chi connectivity index (χ4v) is 4.34. The van der Waals surface area contributed by atoms with Gasteiger partial charge in [-0.15, -0.1) is 0 Å². The van der Waals surface area contributed by atoms with E-state index in [1.165, 1.54) is 25.7 Å². The van der Waals surface area contributed by atoms with Crippen LogP contribution < -0.4 is 4.90 Å². The lowest BCUT2D eigenvalue weighted by Gasteiger charge is -2.33. The fourth-order valence-electron chi connectivity index (χ4n) is 4.34. The van der Waals surface area contributed by atoms with E-state index in [0.717, 1.165) is 49.0 Å². The first-order chi connectivity index (χ1) is 12.1. The summed E-state index contributed by atoms with van der Waals surface area (Å²) in [6.07, 6.45) is 6.67. The smallest absolute Gasteiger partial charge is 0.203 e. The van der Waals surface area contributed by atoms with Gasteiger partial charge < -0.3 is 14.6 Å². The predicted molar refractivity (Wildman–Crippen MR) is 98.7 cm³/mol. The number of imidazole rings is 1. The summed E-state index contributed by atoms with van der Waals surface area (Å²) in [5.74, 6) is 1.70. The highest BCUT2D eigenvalue weighted by Gasteiger charge is 2.25. The maximum Gasteiger partial charge on any atom is 0.203 e. The van der Waals surface area contributed by atoms with Crippen LogP contribution in [0, 0.1) is 11.7 Å². The van der Waals surface area contributed by atoms with Gasteiger partial charge in [0.15, 0.2) is 5.82 Å². The van der Waals surface area contributed by atoms with Crippen molar-refractivity contribution in [3.63, 3.8) is 0 Å². The first-order valence-electron chi connectivity index (χ1n) is 9.62. The van der Waals surface area contributed by atoms with Crippen LogP contribution in [0.2, 0.25) is 0 Å². The zero-order chi connectivity index (χ0) is 17.4. The summed E-state index contributed by atoms with van der Waals surface area (Å²) in [5.41, 5.74) is 2.07. The number of anilines is 1. The van der Waals surface area contributed by atoms with E-state index < -0.39 is 0 Å². The molecule has 1 saturated carbocycles. The second-order valence-electron chi connectivity index (χ2n) is 7.84. The second-order valence-corrected chi connectivity index (χ2v) is 7.84. The number of aromatic amines is 1. The van der Waals surface area contributed by atoms with E-state index in [2.05, 4.69) is 28.8 Å². The highest BCUT2D eigenvalue weighted by molar-refractivity contribution is 5.79. The molecule has 2 heterocycles. The Morgan fingerprint density at radius 3 is 2.56 bits per heavy atom. The molecule has 0 amide bonds. The van der Waals surface area contributed by atoms with E-state index in [-0.39, 0.29) is 11.7 Å². The Kier molecular flexibility index (Phi) is 4.67. The van der Waals surface area contributed by atoms with E-state index in [1.54, 1.807) is 0 Å². The lowest BCUT2D eigenvalue weighted by Crippen LogP contribution is -2.35. The molecule has 1 aliphatic carbocycles. The minimum atomic E-state index is -0.155. The fraction of sp³-hybridized carbons (Fsp3) is 0.650. The number of aromatic nitrogens is 2. The number of benzene rings is 1. The number of nitrogens with one attached hydrogen (secondary N) is 1. The molecule has 0 spiro atoms. The molecular weight excluding hydrogens is 317 g/mol. The van der Waals surface area contributed by atoms with Gasteiger partial charge in [-0.1, -0.05) is 13.0 Å². The third kappa shape index (κ3) is 3.26. The van der Waals surface area contributed by atoms with Crippen molar-refractivity contribution < 1.29 is 9.13 Å². The molecule has 1 saturated heterocycles. The molecule has 0 atom stereocenters. The molecule has 0 unspecified atom stereocenters. The minimum absolute atomic E-state index is 0.155. The van der Waals surface area contributed by atoms with Crippen LogP contribution in [0.15, 0.2) is 12.1 Å². The molecule has 1 aliphatic heterocycles. The van der Waals surface area contributed by atoms with Crippen molar-refractivity contribution in [3.8, 4) is 0 Å². The average Bonchev–Trinajstić information content (AvgIpc) is 3.08. The monoisotopic (exact) mass is 345 g/mol. The largest absolute Gasteiger partial charge is 0.381 e. The second kappa shape index (κ2) is 6.94. The van der Waals surface area contributed by atoms with E-state index in [0.29, 0.717) is 11.6 Å². The highest BCUT2D eigenvalue weighted by atomic mass is 19.1. The maximum atomic E-state index is 15.1. The van der Waals surface area contributed by atoms with E-state index in [9.17, 15) is 0 Å². The normalized spacial score (nSPS) is 25.4. The van der Waals surface area contributed by atoms with Gasteiger partial charge in [0.2, 0.25) is 5.95 Å². The minimum Gasteiger partial charge on any atom is -0.381 e. The molecule has 0 bridgehead atoms. The number of hydrogen-bond donors (Lipinski definition) is 1. The summed E-state index contributed by atoms with van der Waals surface area (Å²) in [6.45, 7) is 3.76. The van der Waals surface area contributed by atoms with Crippen molar-refractivity contribution >= 4 is 17.0 Å². The molecule has 136 valence electrons. The van der Waals surface area contributed by atoms with Crippen molar-refractivity contribution in [2.45, 2.75) is 57.4 Å². The van der Waals surface area contributed by atoms with E-state index >= 15 is 4.39 Å². The maximum absolute atomic E-state index is 15.1. The number of hydrogen-bond acceptors (Lipinski definition) is 3. The van der Waals surface area contributed by atoms with Gasteiger partial charge in [-0.3, -0.25) is 0 Å². The quantitative estimate of drug-likeness (QED) is 0.883. The molecule has 25 heavy (non-hydrogen) atoms. The van der Waals surface area contributed by atoms with Crippen LogP contribution in [0.3, 0.4) is 0 Å². The predicted octanol–water partition coefficient (Wildman–Crippen LogP) is 4.61. The van der Waals surface area contributed by atoms with Crippen LogP contribution in [-0.2, 0) is 4.74 Å². The number of H-pyrrole nitrogens is 1. The standard InChI is InChI=1S/C20H28FN3O/c1-13-3-5-15(6-4-13)24(2)20-22-17-8-7-16(18(21)19(17)23-20)14-9-11-25-12-10-14/h7-8,13-15H,3-6,9-12H2,1-2H3,(H,22,23). The van der Waals surface area contributed by atoms with Gasteiger partial charge >= 0.3 is 0 Å². The van der Waals surface area contributed by atoms with Crippen molar-refractivity contribution in [2.24, 2.45) is 5.92 Å². The summed E-state index contributed by atoms with van der Waals surface area (Å²) in [4.78, 5) is 10.2. The Morgan fingerprint density at radius 1 is 1.12 bits per heavy atom. The SMILES string of the molecule is CC1CCC(N(C)c2nc3c(F)c(C4CCOCC4)ccc3[nH]2)CC1. The molecule has 0 radical (unpaired) electrons. The first kappa shape index (κ1) is 16.8. The number of ether oxygens (including phenoxy) is 1. The molecule has 5 heteroatoms. The number of halogens is 1. The Hall–Kier alpha value is -1.62. The Labute approximate surface area is 148 Å². The summed E-state index contributed by atoms with van der Waals surface area (Å²) in [7, 11) is 2.08. The van der Waals surface area contributed by atoms with E-state index in [1.807, 2.05) is 12.1 Å². The van der Waals surface area contributed by atoms with Gasteiger partial charge in [-0.2, -0.15) is 0 Å². The molecule has 2 aliphatic rings. The van der Waals surface area contributed by atoms with Gasteiger partial charge in [0, 0.05) is 26.3 Å². The first-order valence-corrected chi connectivity index (χ1v) is 9.62. The summed E-state index contributed by atoms with van der Waals surface area (Å²) in [5, 5.41) is 0. The zero-order valence-electron chi connectivity index (χ0n) is 15.2. The Balaban J connectivity index is 1.60. The summed E-state index contributed by atoms with van der Waals surface area (Å²) >= 11 is 0. The third-order valence-electron chi connectivity index (χ3n) is 6.14. The van der Waals surface area contributed by atoms with Crippen LogP contribution in [0.1, 0.15) is 56.9 Å². The van der Waals surface area contributed by atoms with E-state index in [4.69, 9.17) is 4.74 Å². The van der Waals surface area contributed by atoms with Crippen molar-refractivity contribution in [1.82, 2.24) is 9.97 Å². The third-order valence-corrected chi connectivity index (χ3v) is 6.14. The summed E-state index contributed by atoms with van der Waals surface area (Å²) < 4.78 is 20.5. The Morgan fingerprint density at radius 2 is 1.84 bits per heavy atom. The molecule has 1 aromatic carbocycles. The van der Waals surface area contributed by atoms with Crippen LogP contribution >= 0.6 is 0 Å². The number of nitrogens with zero attached hydrogens (tertiary/aromatic N) is 2. The molecule has 1 N–H and O–H groups in total. The number of rotatable bonds is 3. The summed E-state index contributed by atoms with van der Waals surface area (Å²) in [6, 6.07) is 4.41. The molecule has 1 aromatic heterocycles. The van der Waals surface area contributed by atoms with Gasteiger partial charge in [-0.25, -0.2) is 9.37 Å². The Bertz CT molecular complexity index is 730. The van der Waals surface area contributed by atoms with Gasteiger partial charge in [-0.05, 0) is 62.0 Å². The topological polar surface area (TPSA) is 41.2 Å². The molecule has 4 nitrogen and oxygen atoms in total. The van der Waals surface area contributed by atoms with Crippen molar-refractivity contribution in [3.05, 3.63) is 23.5 Å². The van der Waals surface area contributed by atoms with Crippen LogP contribution in [0.25, 0.3) is 11.0 Å². The molecule has 4 rings (SSSR count). The molecular formula is C20H28FN3O. The van der Waals surface area contributed by atoms with Gasteiger partial charge in [0.1, 0.15) is 5.52 Å². The molecule has 2 fully saturated rings. The highest BCUT2D eigenvalue weighted by Crippen LogP contribution is 2.33. The van der Waals surface area contributed by atoms with Crippen LogP contribution in [0.4, 0.5) is 10.3 Å². The lowest BCUT2D eigenvalue weighted by molar-refractivity contribution is 0.0847. The van der Waals surface area contributed by atoms with Crippen LogP contribution in [0.5, 0.6) is 0 Å². The van der Waals surface area contributed by atoms with Gasteiger partial charge in [0.25, 0.3) is 0 Å². The average molecular weight is 345 g/mol. The number of fused-ring (bicyclic) bond motifs is 1. The zero-order valence-corrected chi connectivity index (χ0v) is 15.2. The van der Waals surface area contributed by atoms with Crippen LogP contribution in [-0.4, -0.2) is 36.3 Å². The van der Waals surface area contributed by atoms with Gasteiger partial charge in [0.05, 0.1) is 5.52 Å².